The van der Waals surface area contributed by atoms with Crippen LogP contribution in [0.3, 0.4) is 0 Å². The predicted molar refractivity (Wildman–Crippen MR) is 158 cm³/mol. The Kier molecular flexibility index (Phi) is 6.13. The van der Waals surface area contributed by atoms with Gasteiger partial charge in [-0.3, -0.25) is 14.3 Å². The van der Waals surface area contributed by atoms with Crippen LogP contribution in [0.15, 0.2) is 120 Å². The van der Waals surface area contributed by atoms with Gasteiger partial charge in [-0.2, -0.15) is 0 Å². The van der Waals surface area contributed by atoms with E-state index in [0.717, 1.165) is 44.9 Å². The van der Waals surface area contributed by atoms with Crippen molar-refractivity contribution in [1.29, 1.82) is 0 Å². The molecule has 1 amide bonds. The monoisotopic (exact) mass is 538 g/mol. The SMILES string of the molecule is Cn1c(-c2ccc(-n3cnc4ccccc43)cc2)cnc1C(Cc1ccccn1)NC(=O)c1cc2ccccc2o1. The zero-order valence-corrected chi connectivity index (χ0v) is 22.3. The molecule has 8 heteroatoms. The van der Waals surface area contributed by atoms with E-state index >= 15 is 0 Å². The number of para-hydroxylation sites is 3. The molecule has 0 bridgehead atoms. The number of amides is 1. The fraction of sp³-hybridized carbons (Fsp3) is 0.0909. The van der Waals surface area contributed by atoms with Crippen molar-refractivity contribution >= 4 is 27.9 Å². The van der Waals surface area contributed by atoms with Gasteiger partial charge in [-0.25, -0.2) is 9.97 Å². The summed E-state index contributed by atoms with van der Waals surface area (Å²) in [5.74, 6) is 0.678. The number of rotatable bonds is 7. The maximum Gasteiger partial charge on any atom is 0.287 e. The first-order valence-electron chi connectivity index (χ1n) is 13.4. The molecule has 0 spiro atoms. The van der Waals surface area contributed by atoms with Gasteiger partial charge < -0.3 is 14.3 Å². The number of furan rings is 1. The van der Waals surface area contributed by atoms with Gasteiger partial charge in [0.05, 0.1) is 29.0 Å². The molecule has 8 nitrogen and oxygen atoms in total. The second-order valence-corrected chi connectivity index (χ2v) is 9.91. The molecular weight excluding hydrogens is 512 g/mol. The summed E-state index contributed by atoms with van der Waals surface area (Å²) in [6.45, 7) is 0. The van der Waals surface area contributed by atoms with Crippen LogP contribution in [0.5, 0.6) is 0 Å². The summed E-state index contributed by atoms with van der Waals surface area (Å²) in [4.78, 5) is 27.1. The Morgan fingerprint density at radius 3 is 2.54 bits per heavy atom. The summed E-state index contributed by atoms with van der Waals surface area (Å²) in [5.41, 5.74) is 6.51. The van der Waals surface area contributed by atoms with Crippen molar-refractivity contribution in [3.05, 3.63) is 133 Å². The third-order valence-corrected chi connectivity index (χ3v) is 7.32. The van der Waals surface area contributed by atoms with E-state index in [-0.39, 0.29) is 11.7 Å². The van der Waals surface area contributed by atoms with Crippen LogP contribution in [-0.4, -0.2) is 30.0 Å². The number of benzene rings is 3. The fourth-order valence-corrected chi connectivity index (χ4v) is 5.23. The molecule has 1 unspecified atom stereocenters. The molecule has 3 aromatic carbocycles. The fourth-order valence-electron chi connectivity index (χ4n) is 5.23. The molecule has 0 fully saturated rings. The molecule has 1 atom stereocenters. The highest BCUT2D eigenvalue weighted by Crippen LogP contribution is 2.27. The van der Waals surface area contributed by atoms with E-state index in [9.17, 15) is 4.79 Å². The molecule has 0 saturated carbocycles. The molecule has 4 aromatic heterocycles. The molecule has 0 aliphatic heterocycles. The van der Waals surface area contributed by atoms with Gasteiger partial charge >= 0.3 is 0 Å². The topological polar surface area (TPSA) is 90.8 Å². The number of nitrogens with one attached hydrogen (secondary N) is 1. The van der Waals surface area contributed by atoms with Gasteiger partial charge in [-0.05, 0) is 54.1 Å². The first kappa shape index (κ1) is 24.5. The largest absolute Gasteiger partial charge is 0.451 e. The first-order valence-corrected chi connectivity index (χ1v) is 13.4. The van der Waals surface area contributed by atoms with Gasteiger partial charge in [0.25, 0.3) is 5.91 Å². The highest BCUT2D eigenvalue weighted by Gasteiger charge is 2.24. The molecular formula is C33H26N6O2. The zero-order valence-electron chi connectivity index (χ0n) is 22.3. The predicted octanol–water partition coefficient (Wildman–Crippen LogP) is 6.28. The Balaban J connectivity index is 1.19. The van der Waals surface area contributed by atoms with E-state index in [2.05, 4.69) is 50.2 Å². The second kappa shape index (κ2) is 10.2. The summed E-state index contributed by atoms with van der Waals surface area (Å²) in [6, 6.07) is 31.0. The summed E-state index contributed by atoms with van der Waals surface area (Å²) in [5, 5.41) is 4.02. The summed E-state index contributed by atoms with van der Waals surface area (Å²) in [7, 11) is 1.97. The molecule has 0 aliphatic rings. The maximum atomic E-state index is 13.3. The van der Waals surface area contributed by atoms with Gasteiger partial charge in [0.1, 0.15) is 17.7 Å². The highest BCUT2D eigenvalue weighted by atomic mass is 16.3. The Labute approximate surface area is 235 Å². The third kappa shape index (κ3) is 4.65. The number of nitrogens with zero attached hydrogens (tertiary/aromatic N) is 5. The van der Waals surface area contributed by atoms with Crippen molar-refractivity contribution < 1.29 is 9.21 Å². The van der Waals surface area contributed by atoms with Crippen LogP contribution in [0.2, 0.25) is 0 Å². The molecule has 4 heterocycles. The molecule has 41 heavy (non-hydrogen) atoms. The molecule has 7 aromatic rings. The molecule has 0 radical (unpaired) electrons. The van der Waals surface area contributed by atoms with Gasteiger partial charge in [-0.15, -0.1) is 0 Å². The molecule has 1 N–H and O–H groups in total. The molecule has 200 valence electrons. The minimum absolute atomic E-state index is 0.259. The van der Waals surface area contributed by atoms with Crippen molar-refractivity contribution in [2.24, 2.45) is 7.05 Å². The average molecular weight is 539 g/mol. The standard InChI is InChI=1S/C33H26N6O2/c1-38-29(22-13-15-25(16-14-22)39-21-36-26-10-3-4-11-28(26)39)20-35-32(38)27(19-24-9-6-7-17-34-24)37-33(40)31-18-23-8-2-5-12-30(23)41-31/h2-18,20-21,27H,19H2,1H3,(H,37,40). The summed E-state index contributed by atoms with van der Waals surface area (Å²) < 4.78 is 9.92. The Morgan fingerprint density at radius 2 is 1.71 bits per heavy atom. The lowest BCUT2D eigenvalue weighted by atomic mass is 10.1. The minimum atomic E-state index is -0.430. The van der Waals surface area contributed by atoms with Gasteiger partial charge in [-0.1, -0.05) is 48.5 Å². The van der Waals surface area contributed by atoms with Crippen molar-refractivity contribution in [2.45, 2.75) is 12.5 Å². The summed E-state index contributed by atoms with van der Waals surface area (Å²) >= 11 is 0. The lowest BCUT2D eigenvalue weighted by molar-refractivity contribution is 0.0908. The van der Waals surface area contributed by atoms with Gasteiger partial charge in [0.15, 0.2) is 5.76 Å². The normalized spacial score (nSPS) is 12.1. The number of hydrogen-bond acceptors (Lipinski definition) is 5. The minimum Gasteiger partial charge on any atom is -0.451 e. The van der Waals surface area contributed by atoms with E-state index in [1.165, 1.54) is 0 Å². The van der Waals surface area contributed by atoms with Crippen LogP contribution in [0.4, 0.5) is 0 Å². The number of hydrogen-bond donors (Lipinski definition) is 1. The van der Waals surface area contributed by atoms with Crippen LogP contribution in [0.1, 0.15) is 28.1 Å². The Bertz CT molecular complexity index is 1950. The number of fused-ring (bicyclic) bond motifs is 2. The van der Waals surface area contributed by atoms with Crippen LogP contribution in [-0.2, 0) is 13.5 Å². The second-order valence-electron chi connectivity index (χ2n) is 9.91. The van der Waals surface area contributed by atoms with E-state index in [1.54, 1.807) is 12.3 Å². The van der Waals surface area contributed by atoms with E-state index in [0.29, 0.717) is 12.0 Å². The van der Waals surface area contributed by atoms with Crippen LogP contribution in [0.25, 0.3) is 38.9 Å². The number of aromatic nitrogens is 5. The maximum absolute atomic E-state index is 13.3. The van der Waals surface area contributed by atoms with Crippen molar-refractivity contribution in [3.8, 4) is 16.9 Å². The number of pyridine rings is 1. The molecule has 7 rings (SSSR count). The lowest BCUT2D eigenvalue weighted by Crippen LogP contribution is -2.31. The Morgan fingerprint density at radius 1 is 0.902 bits per heavy atom. The van der Waals surface area contributed by atoms with Gasteiger partial charge in [0, 0.05) is 36.4 Å². The average Bonchev–Trinajstić information content (AvgIpc) is 3.74. The van der Waals surface area contributed by atoms with Gasteiger partial charge in [0.2, 0.25) is 0 Å². The van der Waals surface area contributed by atoms with Crippen molar-refractivity contribution in [3.63, 3.8) is 0 Å². The van der Waals surface area contributed by atoms with E-state index in [1.807, 2.05) is 84.8 Å². The van der Waals surface area contributed by atoms with E-state index < -0.39 is 6.04 Å². The van der Waals surface area contributed by atoms with Crippen LogP contribution < -0.4 is 5.32 Å². The summed E-state index contributed by atoms with van der Waals surface area (Å²) in [6.07, 6.45) is 5.91. The smallest absolute Gasteiger partial charge is 0.287 e. The quantitative estimate of drug-likeness (QED) is 0.258. The molecule has 0 saturated heterocycles. The molecule has 0 aliphatic carbocycles. The first-order chi connectivity index (χ1) is 20.1. The third-order valence-electron chi connectivity index (χ3n) is 7.32. The van der Waals surface area contributed by atoms with Crippen molar-refractivity contribution in [2.75, 3.05) is 0 Å². The van der Waals surface area contributed by atoms with E-state index in [4.69, 9.17) is 9.40 Å². The highest BCUT2D eigenvalue weighted by molar-refractivity contribution is 5.96. The van der Waals surface area contributed by atoms with Crippen LogP contribution in [0, 0.1) is 0 Å². The zero-order chi connectivity index (χ0) is 27.8. The number of imidazole rings is 2. The Hall–Kier alpha value is -5.50. The van der Waals surface area contributed by atoms with Crippen molar-refractivity contribution in [1.82, 2.24) is 29.4 Å². The lowest BCUT2D eigenvalue weighted by Gasteiger charge is -2.18. The number of carbonyl (C=O) groups is 1. The van der Waals surface area contributed by atoms with Crippen LogP contribution >= 0.6 is 0 Å². The number of carbonyl (C=O) groups excluding carboxylic acids is 1.